The van der Waals surface area contributed by atoms with Gasteiger partial charge >= 0.3 is 0 Å². The van der Waals surface area contributed by atoms with Crippen LogP contribution in [0.5, 0.6) is 5.75 Å². The third kappa shape index (κ3) is 10.6. The van der Waals surface area contributed by atoms with Gasteiger partial charge in [0.2, 0.25) is 5.91 Å². The van der Waals surface area contributed by atoms with Crippen LogP contribution in [0.3, 0.4) is 0 Å². The van der Waals surface area contributed by atoms with Gasteiger partial charge in [0.1, 0.15) is 27.7 Å². The van der Waals surface area contributed by atoms with Crippen LogP contribution in [0.15, 0.2) is 150 Å². The van der Waals surface area contributed by atoms with Gasteiger partial charge in [0.15, 0.2) is 19.7 Å². The third-order valence-corrected chi connectivity index (χ3v) is 12.5. The third-order valence-electron chi connectivity index (χ3n) is 8.03. The lowest BCUT2D eigenvalue weighted by Crippen LogP contribution is -2.13. The van der Waals surface area contributed by atoms with Crippen molar-refractivity contribution < 1.29 is 52.7 Å². The van der Waals surface area contributed by atoms with Crippen molar-refractivity contribution in [3.63, 3.8) is 0 Å². The molecular weight excluding hydrogens is 837 g/mol. The Morgan fingerprint density at radius 2 is 1.36 bits per heavy atom. The number of fused-ring (bicyclic) bond motifs is 1. The summed E-state index contributed by atoms with van der Waals surface area (Å²) in [5.41, 5.74) is -0.557. The summed E-state index contributed by atoms with van der Waals surface area (Å²) in [6, 6.07) is 20.0. The molecule has 0 radical (unpaired) electrons. The number of nitrogens with zero attached hydrogens (tertiary/aromatic N) is 4. The molecule has 0 aliphatic heterocycles. The number of hydrogen-bond donors (Lipinski definition) is 5. The van der Waals surface area contributed by atoms with E-state index in [1.54, 1.807) is 30.3 Å². The quantitative estimate of drug-likeness (QED) is 0.0468. The Balaban J connectivity index is 1.67. The van der Waals surface area contributed by atoms with Crippen LogP contribution in [-0.2, 0) is 44.7 Å². The van der Waals surface area contributed by atoms with Crippen molar-refractivity contribution in [3.8, 4) is 5.75 Å². The van der Waals surface area contributed by atoms with Crippen molar-refractivity contribution in [1.29, 1.82) is 0 Å². The van der Waals surface area contributed by atoms with Gasteiger partial charge in [-0.1, -0.05) is 37.4 Å². The first-order valence-corrected chi connectivity index (χ1v) is 22.6. The molecule has 0 unspecified atom stereocenters. The van der Waals surface area contributed by atoms with E-state index in [1.807, 2.05) is 0 Å². The Kier molecular flexibility index (Phi) is 12.7. The maximum absolute atomic E-state index is 13.1. The van der Waals surface area contributed by atoms with Gasteiger partial charge in [-0.15, -0.1) is 15.3 Å². The van der Waals surface area contributed by atoms with E-state index in [-0.39, 0.29) is 56.9 Å². The molecule has 18 nitrogen and oxygen atoms in total. The minimum absolute atomic E-state index is 0.0625. The molecule has 58 heavy (non-hydrogen) atoms. The lowest BCUT2D eigenvalue weighted by Gasteiger charge is -2.14. The molecule has 5 N–H and O–H groups in total. The lowest BCUT2D eigenvalue weighted by atomic mass is 10.1. The molecule has 0 saturated heterocycles. The van der Waals surface area contributed by atoms with E-state index in [1.165, 1.54) is 36.4 Å². The second kappa shape index (κ2) is 17.1. The van der Waals surface area contributed by atoms with Crippen LogP contribution in [0.4, 0.5) is 39.8 Å². The largest absolute Gasteiger partial charge is 0.507 e. The van der Waals surface area contributed by atoms with Crippen molar-refractivity contribution >= 4 is 96.4 Å². The first kappa shape index (κ1) is 43.0. The van der Waals surface area contributed by atoms with Crippen molar-refractivity contribution in [3.05, 3.63) is 115 Å². The van der Waals surface area contributed by atoms with Crippen molar-refractivity contribution in [1.82, 2.24) is 0 Å². The highest BCUT2D eigenvalue weighted by atomic mass is 32.2. The van der Waals surface area contributed by atoms with Gasteiger partial charge in [-0.3, -0.25) is 13.9 Å². The van der Waals surface area contributed by atoms with Gasteiger partial charge in [-0.2, -0.15) is 21.9 Å². The molecule has 1 amide bonds. The number of hydrogen-bond acceptors (Lipinski definition) is 15. The highest BCUT2D eigenvalue weighted by molar-refractivity contribution is 7.94. The second-order valence-corrected chi connectivity index (χ2v) is 18.8. The van der Waals surface area contributed by atoms with Crippen LogP contribution in [0.1, 0.15) is 12.8 Å². The van der Waals surface area contributed by atoms with Gasteiger partial charge in [-0.25, -0.2) is 16.8 Å². The maximum Gasteiger partial charge on any atom is 0.296 e. The summed E-state index contributed by atoms with van der Waals surface area (Å²) in [6.45, 7) is 6.49. The molecule has 0 spiro atoms. The van der Waals surface area contributed by atoms with Crippen LogP contribution in [0.2, 0.25) is 0 Å². The number of sulfone groups is 2. The number of carbonyl (C=O) groups excluding carboxylic acids is 1. The average molecular weight is 869 g/mol. The Morgan fingerprint density at radius 3 is 1.98 bits per heavy atom. The number of anilines is 3. The highest BCUT2D eigenvalue weighted by Gasteiger charge is 2.23. The van der Waals surface area contributed by atoms with E-state index in [0.29, 0.717) is 5.69 Å². The standard InChI is InChI=1S/C36H32N6O12S4/c1-3-55(45,46)18-8-11-34(44)38-29-21-31(33(58(52,53)54)22-30(29)40-39-25-13-15-26(16-14-25)56(47,48)4-2)41-42-36-28(37-24-9-6-5-7-10-24)17-12-23-19-27(57(49,50)51)20-32(43)35(23)36/h3-7,9-10,12-17,19-22,37,43H,1-2,8,11,18H2,(H,38,44)(H,49,50,51)(H,52,53,54)/b40-39+,42-41+. The fraction of sp³-hybridized carbons (Fsp3) is 0.0833. The number of phenolic OH excluding ortho intramolecular Hbond substituents is 1. The Morgan fingerprint density at radius 1 is 0.690 bits per heavy atom. The summed E-state index contributed by atoms with van der Waals surface area (Å²) in [6.07, 6.45) is -0.469. The van der Waals surface area contributed by atoms with Crippen LogP contribution >= 0.6 is 0 Å². The predicted octanol–water partition coefficient (Wildman–Crippen LogP) is 7.81. The topological polar surface area (TPSA) is 288 Å². The first-order valence-electron chi connectivity index (χ1n) is 16.4. The summed E-state index contributed by atoms with van der Waals surface area (Å²) in [5, 5.41) is 34.4. The van der Waals surface area contributed by atoms with E-state index in [2.05, 4.69) is 44.2 Å². The summed E-state index contributed by atoms with van der Waals surface area (Å²) in [5.74, 6) is -1.82. The summed E-state index contributed by atoms with van der Waals surface area (Å²) >= 11 is 0. The minimum atomic E-state index is -5.16. The van der Waals surface area contributed by atoms with E-state index in [9.17, 15) is 52.7 Å². The number of rotatable bonds is 16. The molecule has 0 fully saturated rings. The highest BCUT2D eigenvalue weighted by Crippen LogP contribution is 2.44. The van der Waals surface area contributed by atoms with Crippen LogP contribution < -0.4 is 10.6 Å². The molecule has 0 heterocycles. The molecule has 0 aliphatic carbocycles. The molecular formula is C36H32N6O12S4. The first-order chi connectivity index (χ1) is 27.2. The fourth-order valence-corrected chi connectivity index (χ4v) is 7.78. The Bertz CT molecular complexity index is 2960. The van der Waals surface area contributed by atoms with E-state index < -0.39 is 72.8 Å². The maximum atomic E-state index is 13.1. The molecule has 302 valence electrons. The van der Waals surface area contributed by atoms with Crippen molar-refractivity contribution in [2.45, 2.75) is 27.5 Å². The van der Waals surface area contributed by atoms with Gasteiger partial charge in [0, 0.05) is 29.0 Å². The Labute approximate surface area is 332 Å². The van der Waals surface area contributed by atoms with E-state index in [4.69, 9.17) is 0 Å². The number of benzene rings is 5. The molecule has 0 bridgehead atoms. The normalized spacial score (nSPS) is 12.5. The van der Waals surface area contributed by atoms with E-state index in [0.717, 1.165) is 35.1 Å². The number of aromatic hydroxyl groups is 1. The molecule has 0 aromatic heterocycles. The van der Waals surface area contributed by atoms with Crippen molar-refractivity contribution in [2.75, 3.05) is 16.4 Å². The van der Waals surface area contributed by atoms with Crippen molar-refractivity contribution in [2.24, 2.45) is 20.5 Å². The molecule has 0 atom stereocenters. The van der Waals surface area contributed by atoms with Crippen LogP contribution in [0, 0.1) is 0 Å². The van der Waals surface area contributed by atoms with Gasteiger partial charge in [0.25, 0.3) is 20.2 Å². The number of para-hydroxylation sites is 1. The van der Waals surface area contributed by atoms with Gasteiger partial charge in [0.05, 0.1) is 38.0 Å². The molecule has 5 aromatic carbocycles. The number of nitrogens with one attached hydrogen (secondary N) is 2. The zero-order valence-corrected chi connectivity index (χ0v) is 33.1. The molecule has 0 saturated carbocycles. The SMILES string of the molecule is C=CS(=O)(=O)CCCC(=O)Nc1cc(/N=N/c2c(Nc3ccccc3)ccc3cc(S(=O)(=O)O)cc(O)c23)c(S(=O)(=O)O)cc1/N=N/c1ccc(S(=O)(=O)C=C)cc1. The lowest BCUT2D eigenvalue weighted by molar-refractivity contribution is -0.116. The van der Waals surface area contributed by atoms with E-state index >= 15 is 0 Å². The number of amides is 1. The molecule has 5 aromatic rings. The van der Waals surface area contributed by atoms with Crippen LogP contribution in [-0.4, -0.2) is 59.5 Å². The van der Waals surface area contributed by atoms with Crippen LogP contribution in [0.25, 0.3) is 10.8 Å². The Hall–Kier alpha value is -6.17. The number of carbonyl (C=O) groups is 1. The smallest absolute Gasteiger partial charge is 0.296 e. The minimum Gasteiger partial charge on any atom is -0.507 e. The summed E-state index contributed by atoms with van der Waals surface area (Å²) in [7, 11) is -17.3. The summed E-state index contributed by atoms with van der Waals surface area (Å²) in [4.78, 5) is 11.4. The average Bonchev–Trinajstić information content (AvgIpc) is 3.16. The van der Waals surface area contributed by atoms with Gasteiger partial charge in [-0.05, 0) is 72.5 Å². The predicted molar refractivity (Wildman–Crippen MR) is 215 cm³/mol. The number of azo groups is 2. The molecule has 0 aliphatic rings. The zero-order chi connectivity index (χ0) is 42.5. The molecule has 5 rings (SSSR count). The number of phenols is 1. The zero-order valence-electron chi connectivity index (χ0n) is 29.8. The molecule has 22 heteroatoms. The summed E-state index contributed by atoms with van der Waals surface area (Å²) < 4.78 is 117. The monoisotopic (exact) mass is 868 g/mol. The van der Waals surface area contributed by atoms with Gasteiger partial charge < -0.3 is 15.7 Å². The second-order valence-electron chi connectivity index (χ2n) is 12.1. The fourth-order valence-electron chi connectivity index (χ4n) is 5.20.